The summed E-state index contributed by atoms with van der Waals surface area (Å²) in [6.07, 6.45) is -5.87. The molecule has 1 heterocycles. The summed E-state index contributed by atoms with van der Waals surface area (Å²) in [7, 11) is 0. The second-order valence-electron chi connectivity index (χ2n) is 6.00. The molecule has 2 atom stereocenters. The molecule has 112 valence electrons. The van der Waals surface area contributed by atoms with Crippen LogP contribution in [0.25, 0.3) is 0 Å². The molecule has 1 rings (SSSR count). The van der Waals surface area contributed by atoms with Crippen molar-refractivity contribution in [3.05, 3.63) is 0 Å². The first-order valence-corrected chi connectivity index (χ1v) is 6.14. The number of ether oxygens (including phenoxy) is 1. The molecule has 0 saturated carbocycles. The first-order valence-electron chi connectivity index (χ1n) is 6.14. The highest BCUT2D eigenvalue weighted by Crippen LogP contribution is 2.41. The minimum atomic E-state index is -4.69. The number of nitrogens with zero attached hydrogens (tertiary/aromatic N) is 1. The summed E-state index contributed by atoms with van der Waals surface area (Å²) in [5, 5.41) is 9.70. The number of carbonyl (C=O) groups excluding carboxylic acids is 1. The number of rotatable bonds is 0. The lowest BCUT2D eigenvalue weighted by Gasteiger charge is -2.43. The van der Waals surface area contributed by atoms with Crippen molar-refractivity contribution in [3.8, 4) is 0 Å². The van der Waals surface area contributed by atoms with Gasteiger partial charge in [0.15, 0.2) is 5.60 Å². The maximum Gasteiger partial charge on any atom is 0.417 e. The van der Waals surface area contributed by atoms with E-state index in [1.54, 1.807) is 20.8 Å². The largest absolute Gasteiger partial charge is 0.444 e. The number of amides is 1. The molecule has 1 amide bonds. The zero-order valence-corrected chi connectivity index (χ0v) is 11.5. The van der Waals surface area contributed by atoms with Crippen LogP contribution >= 0.6 is 0 Å². The van der Waals surface area contributed by atoms with E-state index in [-0.39, 0.29) is 13.1 Å². The minimum Gasteiger partial charge on any atom is -0.444 e. The van der Waals surface area contributed by atoms with Crippen LogP contribution in [-0.2, 0) is 4.74 Å². The van der Waals surface area contributed by atoms with E-state index in [4.69, 9.17) is 4.74 Å². The Labute approximate surface area is 110 Å². The van der Waals surface area contributed by atoms with Gasteiger partial charge in [0.05, 0.1) is 0 Å². The number of aliphatic hydroxyl groups is 1. The number of likely N-dealkylation sites (tertiary alicyclic amines) is 1. The number of halogens is 3. The summed E-state index contributed by atoms with van der Waals surface area (Å²) < 4.78 is 43.5. The van der Waals surface area contributed by atoms with Crippen molar-refractivity contribution in [1.82, 2.24) is 4.90 Å². The third kappa shape index (κ3) is 3.52. The van der Waals surface area contributed by atoms with E-state index in [0.717, 1.165) is 0 Å². The predicted molar refractivity (Wildman–Crippen MR) is 62.6 cm³/mol. The molecule has 1 aliphatic rings. The van der Waals surface area contributed by atoms with Crippen LogP contribution in [0.5, 0.6) is 0 Å². The zero-order valence-electron chi connectivity index (χ0n) is 11.5. The highest BCUT2D eigenvalue weighted by molar-refractivity contribution is 5.68. The molecule has 0 aromatic carbocycles. The van der Waals surface area contributed by atoms with Gasteiger partial charge in [-0.25, -0.2) is 4.79 Å². The van der Waals surface area contributed by atoms with Crippen molar-refractivity contribution >= 4 is 6.09 Å². The van der Waals surface area contributed by atoms with Gasteiger partial charge in [0, 0.05) is 25.4 Å². The molecule has 1 N–H and O–H groups in total. The molecule has 0 spiro atoms. The molecule has 1 aliphatic heterocycles. The maximum absolute atomic E-state index is 12.8. The van der Waals surface area contributed by atoms with E-state index < -0.39 is 35.8 Å². The van der Waals surface area contributed by atoms with Gasteiger partial charge in [0.25, 0.3) is 0 Å². The number of carbonyl (C=O) groups is 1. The van der Waals surface area contributed by atoms with Crippen LogP contribution < -0.4 is 0 Å². The second kappa shape index (κ2) is 4.85. The Morgan fingerprint density at radius 3 is 2.26 bits per heavy atom. The summed E-state index contributed by atoms with van der Waals surface area (Å²) in [5.41, 5.74) is -3.43. The molecule has 0 radical (unpaired) electrons. The topological polar surface area (TPSA) is 49.8 Å². The standard InChI is InChI=1S/C12H20F3NO3/c1-8-7-16(9(17)19-10(2,3)4)6-5-11(8,18)12(13,14)15/h8,18H,5-7H2,1-4H3/t8-,11-/m1/s1. The molecular formula is C12H20F3NO3. The lowest BCUT2D eigenvalue weighted by atomic mass is 9.81. The van der Waals surface area contributed by atoms with Gasteiger partial charge in [-0.05, 0) is 20.8 Å². The van der Waals surface area contributed by atoms with E-state index in [2.05, 4.69) is 0 Å². The Hall–Kier alpha value is -0.980. The summed E-state index contributed by atoms with van der Waals surface area (Å²) >= 11 is 0. The van der Waals surface area contributed by atoms with E-state index in [1.807, 2.05) is 0 Å². The van der Waals surface area contributed by atoms with Crippen LogP contribution in [0.15, 0.2) is 0 Å². The van der Waals surface area contributed by atoms with Crippen LogP contribution in [0, 0.1) is 5.92 Å². The summed E-state index contributed by atoms with van der Waals surface area (Å²) in [6.45, 7) is 5.99. The Morgan fingerprint density at radius 1 is 1.37 bits per heavy atom. The highest BCUT2D eigenvalue weighted by Gasteiger charge is 2.59. The van der Waals surface area contributed by atoms with E-state index >= 15 is 0 Å². The van der Waals surface area contributed by atoms with Gasteiger partial charge in [-0.1, -0.05) is 6.92 Å². The van der Waals surface area contributed by atoms with Crippen LogP contribution in [0.2, 0.25) is 0 Å². The van der Waals surface area contributed by atoms with E-state index in [9.17, 15) is 23.1 Å². The van der Waals surface area contributed by atoms with Crippen molar-refractivity contribution in [2.45, 2.75) is 51.5 Å². The van der Waals surface area contributed by atoms with Crippen LogP contribution in [0.1, 0.15) is 34.1 Å². The summed E-state index contributed by atoms with van der Waals surface area (Å²) in [5.74, 6) is -1.09. The van der Waals surface area contributed by atoms with Crippen molar-refractivity contribution in [1.29, 1.82) is 0 Å². The Kier molecular flexibility index (Phi) is 4.10. The molecule has 1 saturated heterocycles. The molecule has 1 fully saturated rings. The third-order valence-electron chi connectivity index (χ3n) is 3.21. The number of alkyl halides is 3. The molecule has 7 heteroatoms. The van der Waals surface area contributed by atoms with Crippen LogP contribution in [-0.4, -0.2) is 46.6 Å². The molecule has 0 unspecified atom stereocenters. The quantitative estimate of drug-likeness (QED) is 0.743. The maximum atomic E-state index is 12.8. The minimum absolute atomic E-state index is 0.171. The Bertz CT molecular complexity index is 351. The van der Waals surface area contributed by atoms with Gasteiger partial charge in [-0.2, -0.15) is 13.2 Å². The fourth-order valence-electron chi connectivity index (χ4n) is 2.04. The summed E-state index contributed by atoms with van der Waals surface area (Å²) in [6, 6.07) is 0. The number of hydrogen-bond acceptors (Lipinski definition) is 3. The fourth-order valence-corrected chi connectivity index (χ4v) is 2.04. The van der Waals surface area contributed by atoms with Crippen LogP contribution in [0.4, 0.5) is 18.0 Å². The number of piperidine rings is 1. The number of hydrogen-bond donors (Lipinski definition) is 1. The van der Waals surface area contributed by atoms with Gasteiger partial charge >= 0.3 is 12.3 Å². The van der Waals surface area contributed by atoms with Crippen molar-refractivity contribution in [3.63, 3.8) is 0 Å². The Morgan fingerprint density at radius 2 is 1.89 bits per heavy atom. The average Bonchev–Trinajstić information content (AvgIpc) is 2.17. The van der Waals surface area contributed by atoms with Crippen LogP contribution in [0.3, 0.4) is 0 Å². The monoisotopic (exact) mass is 283 g/mol. The van der Waals surface area contributed by atoms with E-state index in [1.165, 1.54) is 11.8 Å². The normalized spacial score (nSPS) is 29.3. The SMILES string of the molecule is C[C@@H]1CN(C(=O)OC(C)(C)C)CC[C@]1(O)C(F)(F)F. The van der Waals surface area contributed by atoms with Crippen molar-refractivity contribution in [2.24, 2.45) is 5.92 Å². The van der Waals surface area contributed by atoms with Crippen molar-refractivity contribution in [2.75, 3.05) is 13.1 Å². The second-order valence-corrected chi connectivity index (χ2v) is 6.00. The highest BCUT2D eigenvalue weighted by atomic mass is 19.4. The summed E-state index contributed by atoms with van der Waals surface area (Å²) in [4.78, 5) is 13.0. The first kappa shape index (κ1) is 16.1. The van der Waals surface area contributed by atoms with Gasteiger partial charge < -0.3 is 14.7 Å². The lowest BCUT2D eigenvalue weighted by molar-refractivity contribution is -0.288. The van der Waals surface area contributed by atoms with Gasteiger partial charge in [0.1, 0.15) is 5.60 Å². The molecule has 19 heavy (non-hydrogen) atoms. The molecule has 0 aromatic rings. The molecule has 0 bridgehead atoms. The Balaban J connectivity index is 2.72. The average molecular weight is 283 g/mol. The van der Waals surface area contributed by atoms with Gasteiger partial charge in [0.2, 0.25) is 0 Å². The smallest absolute Gasteiger partial charge is 0.417 e. The lowest BCUT2D eigenvalue weighted by Crippen LogP contribution is -2.60. The molecule has 0 aromatic heterocycles. The zero-order chi connectivity index (χ0) is 15.1. The predicted octanol–water partition coefficient (Wildman–Crippen LogP) is 2.56. The molecule has 0 aliphatic carbocycles. The molecule has 4 nitrogen and oxygen atoms in total. The molecular weight excluding hydrogens is 263 g/mol. The van der Waals surface area contributed by atoms with Gasteiger partial charge in [-0.15, -0.1) is 0 Å². The first-order chi connectivity index (χ1) is 8.37. The fraction of sp³-hybridized carbons (Fsp3) is 0.917. The van der Waals surface area contributed by atoms with Gasteiger partial charge in [-0.3, -0.25) is 0 Å². The third-order valence-corrected chi connectivity index (χ3v) is 3.21. The van der Waals surface area contributed by atoms with E-state index in [0.29, 0.717) is 0 Å². The van der Waals surface area contributed by atoms with Crippen molar-refractivity contribution < 1.29 is 27.8 Å².